The van der Waals surface area contributed by atoms with E-state index in [1.165, 1.54) is 15.0 Å². The highest BCUT2D eigenvalue weighted by molar-refractivity contribution is 7.86. The van der Waals surface area contributed by atoms with Gasteiger partial charge in [-0.15, -0.1) is 0 Å². The van der Waals surface area contributed by atoms with Gasteiger partial charge in [0.2, 0.25) is 5.91 Å². The van der Waals surface area contributed by atoms with E-state index < -0.39 is 10.2 Å². The van der Waals surface area contributed by atoms with Crippen LogP contribution in [0, 0.1) is 17.8 Å². The first-order valence-corrected chi connectivity index (χ1v) is 11.4. The van der Waals surface area contributed by atoms with Crippen LogP contribution in [-0.4, -0.2) is 68.4 Å². The van der Waals surface area contributed by atoms with Gasteiger partial charge in [0.1, 0.15) is 0 Å². The Kier molecular flexibility index (Phi) is 6.59. The fraction of sp³-hybridized carbons (Fsp3) is 0.944. The van der Waals surface area contributed by atoms with Gasteiger partial charge in [-0.1, -0.05) is 26.7 Å². The first kappa shape index (κ1) is 20.0. The second-order valence-electron chi connectivity index (χ2n) is 8.10. The zero-order chi connectivity index (χ0) is 18.7. The van der Waals surface area contributed by atoms with Gasteiger partial charge in [-0.2, -0.15) is 17.0 Å². The summed E-state index contributed by atoms with van der Waals surface area (Å²) in [7, 11) is -3.50. The van der Waals surface area contributed by atoms with Crippen LogP contribution >= 0.6 is 0 Å². The van der Waals surface area contributed by atoms with Crippen LogP contribution in [0.2, 0.25) is 0 Å². The number of piperidine rings is 1. The van der Waals surface area contributed by atoms with E-state index in [4.69, 9.17) is 4.74 Å². The number of hydrogen-bond donors (Lipinski definition) is 1. The highest BCUT2D eigenvalue weighted by Crippen LogP contribution is 2.30. The summed E-state index contributed by atoms with van der Waals surface area (Å²) in [6.45, 7) is 6.93. The maximum absolute atomic E-state index is 12.9. The Morgan fingerprint density at radius 2 is 1.73 bits per heavy atom. The van der Waals surface area contributed by atoms with E-state index in [2.05, 4.69) is 19.2 Å². The molecular weight excluding hydrogens is 354 g/mol. The van der Waals surface area contributed by atoms with Crippen molar-refractivity contribution in [1.82, 2.24) is 13.9 Å². The molecule has 1 N–H and O–H groups in total. The van der Waals surface area contributed by atoms with E-state index in [1.807, 2.05) is 0 Å². The second kappa shape index (κ2) is 8.54. The van der Waals surface area contributed by atoms with Crippen molar-refractivity contribution in [2.24, 2.45) is 17.8 Å². The molecule has 1 amide bonds. The van der Waals surface area contributed by atoms with E-state index in [9.17, 15) is 13.2 Å². The highest BCUT2D eigenvalue weighted by Gasteiger charge is 2.37. The minimum absolute atomic E-state index is 0.0258. The molecule has 0 bridgehead atoms. The molecule has 3 fully saturated rings. The van der Waals surface area contributed by atoms with Crippen LogP contribution in [0.25, 0.3) is 0 Å². The topological polar surface area (TPSA) is 79.0 Å². The summed E-state index contributed by atoms with van der Waals surface area (Å²) in [4.78, 5) is 12.8. The molecule has 0 aromatic heterocycles. The number of hydrogen-bond acceptors (Lipinski definition) is 4. The minimum Gasteiger partial charge on any atom is -0.379 e. The lowest BCUT2D eigenvalue weighted by molar-refractivity contribution is -0.127. The molecule has 7 nitrogen and oxygen atoms in total. The smallest absolute Gasteiger partial charge is 0.282 e. The van der Waals surface area contributed by atoms with Crippen LogP contribution in [0.4, 0.5) is 0 Å². The highest BCUT2D eigenvalue weighted by atomic mass is 32.2. The summed E-state index contributed by atoms with van der Waals surface area (Å²) in [6, 6.07) is 0.220. The molecule has 1 aliphatic carbocycles. The zero-order valence-corrected chi connectivity index (χ0v) is 16.8. The van der Waals surface area contributed by atoms with E-state index in [0.29, 0.717) is 51.2 Å². The number of nitrogens with one attached hydrogen (secondary N) is 1. The van der Waals surface area contributed by atoms with Crippen LogP contribution in [0.5, 0.6) is 0 Å². The van der Waals surface area contributed by atoms with Crippen molar-refractivity contribution in [2.75, 3.05) is 39.4 Å². The molecule has 4 unspecified atom stereocenters. The van der Waals surface area contributed by atoms with Crippen molar-refractivity contribution in [3.63, 3.8) is 0 Å². The fourth-order valence-corrected chi connectivity index (χ4v) is 6.06. The first-order valence-electron chi connectivity index (χ1n) is 10.0. The summed E-state index contributed by atoms with van der Waals surface area (Å²) in [5.74, 6) is 0.880. The van der Waals surface area contributed by atoms with E-state index in [-0.39, 0.29) is 17.9 Å². The van der Waals surface area contributed by atoms with Gasteiger partial charge in [0.05, 0.1) is 19.1 Å². The van der Waals surface area contributed by atoms with E-state index >= 15 is 0 Å². The van der Waals surface area contributed by atoms with Crippen molar-refractivity contribution in [3.05, 3.63) is 0 Å². The molecule has 1 saturated carbocycles. The summed E-state index contributed by atoms with van der Waals surface area (Å²) < 4.78 is 34.0. The largest absolute Gasteiger partial charge is 0.379 e. The Morgan fingerprint density at radius 3 is 2.46 bits per heavy atom. The number of carbonyl (C=O) groups is 1. The Bertz CT molecular complexity index is 591. The number of carbonyl (C=O) groups excluding carboxylic acids is 1. The van der Waals surface area contributed by atoms with Crippen LogP contribution in [0.15, 0.2) is 0 Å². The van der Waals surface area contributed by atoms with Gasteiger partial charge in [-0.05, 0) is 31.1 Å². The quantitative estimate of drug-likeness (QED) is 0.787. The van der Waals surface area contributed by atoms with Gasteiger partial charge in [0.25, 0.3) is 10.2 Å². The summed E-state index contributed by atoms with van der Waals surface area (Å²) in [5, 5.41) is 3.23. The molecule has 0 spiro atoms. The van der Waals surface area contributed by atoms with E-state index in [1.54, 1.807) is 0 Å². The molecule has 150 valence electrons. The molecule has 2 saturated heterocycles. The number of rotatable bonds is 4. The van der Waals surface area contributed by atoms with Crippen molar-refractivity contribution in [1.29, 1.82) is 0 Å². The Morgan fingerprint density at radius 1 is 1.00 bits per heavy atom. The Labute approximate surface area is 157 Å². The van der Waals surface area contributed by atoms with Crippen molar-refractivity contribution < 1.29 is 17.9 Å². The maximum Gasteiger partial charge on any atom is 0.282 e. The number of ether oxygens (including phenoxy) is 1. The standard InChI is InChI=1S/C18H33N3O4S/c1-14-5-3-7-17(15(14)2)19-18(22)16-6-4-8-21(13-16)26(23,24)20-9-11-25-12-10-20/h14-17H,3-13H2,1-2H3,(H,19,22). The molecule has 26 heavy (non-hydrogen) atoms. The minimum atomic E-state index is -3.50. The fourth-order valence-electron chi connectivity index (χ4n) is 4.39. The lowest BCUT2D eigenvalue weighted by atomic mass is 9.78. The molecule has 0 radical (unpaired) electrons. The third-order valence-electron chi connectivity index (χ3n) is 6.41. The second-order valence-corrected chi connectivity index (χ2v) is 10.0. The van der Waals surface area contributed by atoms with Crippen molar-refractivity contribution in [3.8, 4) is 0 Å². The molecule has 0 aromatic carbocycles. The monoisotopic (exact) mass is 387 g/mol. The van der Waals surface area contributed by atoms with Crippen molar-refractivity contribution >= 4 is 16.1 Å². The normalized spacial score (nSPS) is 35.2. The summed E-state index contributed by atoms with van der Waals surface area (Å²) in [5.41, 5.74) is 0. The predicted octanol–water partition coefficient (Wildman–Crippen LogP) is 1.22. The van der Waals surface area contributed by atoms with Gasteiger partial charge >= 0.3 is 0 Å². The van der Waals surface area contributed by atoms with Crippen LogP contribution in [-0.2, 0) is 19.7 Å². The van der Waals surface area contributed by atoms with Gasteiger partial charge in [-0.25, -0.2) is 0 Å². The SMILES string of the molecule is CC1CCCC(NC(=O)C2CCCN(S(=O)(=O)N3CCOCC3)C2)C1C. The van der Waals surface area contributed by atoms with Gasteiger partial charge in [0.15, 0.2) is 0 Å². The van der Waals surface area contributed by atoms with Gasteiger partial charge in [-0.3, -0.25) is 4.79 Å². The van der Waals surface area contributed by atoms with Gasteiger partial charge < -0.3 is 10.1 Å². The van der Waals surface area contributed by atoms with Crippen LogP contribution < -0.4 is 5.32 Å². The average Bonchev–Trinajstić information content (AvgIpc) is 2.66. The molecule has 2 heterocycles. The Balaban J connectivity index is 1.59. The third-order valence-corrected chi connectivity index (χ3v) is 8.41. The molecule has 0 aromatic rings. The number of morpholine rings is 1. The lowest BCUT2D eigenvalue weighted by Gasteiger charge is -2.38. The first-order chi connectivity index (χ1) is 12.4. The number of nitrogens with zero attached hydrogens (tertiary/aromatic N) is 2. The zero-order valence-electron chi connectivity index (χ0n) is 16.0. The summed E-state index contributed by atoms with van der Waals surface area (Å²) in [6.07, 6.45) is 4.90. The predicted molar refractivity (Wildman–Crippen MR) is 99.7 cm³/mol. The molecular formula is C18H33N3O4S. The molecule has 3 aliphatic rings. The van der Waals surface area contributed by atoms with Crippen LogP contribution in [0.1, 0.15) is 46.0 Å². The van der Waals surface area contributed by atoms with Gasteiger partial charge in [0, 0.05) is 32.2 Å². The summed E-state index contributed by atoms with van der Waals surface area (Å²) >= 11 is 0. The Hall–Kier alpha value is -0.700. The molecule has 8 heteroatoms. The lowest BCUT2D eigenvalue weighted by Crippen LogP contribution is -2.54. The average molecular weight is 388 g/mol. The molecule has 4 atom stereocenters. The van der Waals surface area contributed by atoms with E-state index in [0.717, 1.165) is 25.7 Å². The third kappa shape index (κ3) is 4.40. The van der Waals surface area contributed by atoms with Crippen molar-refractivity contribution in [2.45, 2.75) is 52.0 Å². The molecule has 2 aliphatic heterocycles. The molecule has 3 rings (SSSR count). The maximum atomic E-state index is 12.9. The number of amides is 1. The van der Waals surface area contributed by atoms with Crippen LogP contribution in [0.3, 0.4) is 0 Å².